The fraction of sp³-hybridized carbons (Fsp3) is 0.667. The van der Waals surface area contributed by atoms with Gasteiger partial charge in [-0.15, -0.1) is 11.8 Å². The van der Waals surface area contributed by atoms with Gasteiger partial charge in [0, 0.05) is 24.6 Å². The molecule has 2 aliphatic heterocycles. The molecule has 3 nitrogen and oxygen atoms in total. The largest absolute Gasteiger partial charge is 0.316 e. The number of thioether (sulfide) groups is 1. The standard InChI is InChI=1S/C15H23N3S/c1-15(2,3)18-14(11-6-9-19-10-11)12-4-7-16-8-5-13(12)17-18/h6,9,11,16H,4-5,7-8,10H2,1-3H3. The van der Waals surface area contributed by atoms with E-state index in [0.29, 0.717) is 5.92 Å². The molecule has 0 aliphatic carbocycles. The van der Waals surface area contributed by atoms with Gasteiger partial charge in [-0.05, 0) is 44.7 Å². The molecule has 1 atom stereocenters. The average molecular weight is 277 g/mol. The SMILES string of the molecule is CC(C)(C)n1nc2c(c1C1C=CSC1)CCNCC2. The lowest BCUT2D eigenvalue weighted by atomic mass is 9.97. The highest BCUT2D eigenvalue weighted by Crippen LogP contribution is 2.36. The summed E-state index contributed by atoms with van der Waals surface area (Å²) in [6.45, 7) is 8.91. The zero-order valence-electron chi connectivity index (χ0n) is 12.1. The lowest BCUT2D eigenvalue weighted by Crippen LogP contribution is -2.27. The van der Waals surface area contributed by atoms with E-state index in [4.69, 9.17) is 5.10 Å². The molecule has 3 rings (SSSR count). The molecule has 0 aromatic carbocycles. The van der Waals surface area contributed by atoms with Crippen LogP contribution in [0.3, 0.4) is 0 Å². The van der Waals surface area contributed by atoms with E-state index in [9.17, 15) is 0 Å². The van der Waals surface area contributed by atoms with Gasteiger partial charge in [0.05, 0.1) is 16.9 Å². The second-order valence-electron chi connectivity index (χ2n) is 6.41. The highest BCUT2D eigenvalue weighted by atomic mass is 32.2. The van der Waals surface area contributed by atoms with Crippen LogP contribution in [0.4, 0.5) is 0 Å². The number of nitrogens with zero attached hydrogens (tertiary/aromatic N) is 2. The van der Waals surface area contributed by atoms with Crippen molar-refractivity contribution in [1.29, 1.82) is 0 Å². The van der Waals surface area contributed by atoms with Gasteiger partial charge in [-0.2, -0.15) is 5.10 Å². The summed E-state index contributed by atoms with van der Waals surface area (Å²) >= 11 is 1.92. The van der Waals surface area contributed by atoms with E-state index in [-0.39, 0.29) is 5.54 Å². The first-order chi connectivity index (χ1) is 9.07. The van der Waals surface area contributed by atoms with Gasteiger partial charge in [0.15, 0.2) is 0 Å². The van der Waals surface area contributed by atoms with Crippen LogP contribution < -0.4 is 5.32 Å². The number of aromatic nitrogens is 2. The topological polar surface area (TPSA) is 29.9 Å². The van der Waals surface area contributed by atoms with Crippen molar-refractivity contribution in [2.75, 3.05) is 18.8 Å². The molecular formula is C15H23N3S. The van der Waals surface area contributed by atoms with Crippen molar-refractivity contribution in [3.8, 4) is 0 Å². The van der Waals surface area contributed by atoms with E-state index >= 15 is 0 Å². The van der Waals surface area contributed by atoms with Gasteiger partial charge in [0.2, 0.25) is 0 Å². The summed E-state index contributed by atoms with van der Waals surface area (Å²) in [5, 5.41) is 10.7. The maximum absolute atomic E-state index is 4.96. The summed E-state index contributed by atoms with van der Waals surface area (Å²) in [7, 11) is 0. The molecule has 0 saturated carbocycles. The smallest absolute Gasteiger partial charge is 0.0673 e. The van der Waals surface area contributed by atoms with E-state index in [1.54, 1.807) is 0 Å². The molecule has 0 amide bonds. The molecular weight excluding hydrogens is 254 g/mol. The van der Waals surface area contributed by atoms with E-state index in [2.05, 4.69) is 42.3 Å². The predicted molar refractivity (Wildman–Crippen MR) is 81.8 cm³/mol. The number of allylic oxidation sites excluding steroid dienone is 1. The van der Waals surface area contributed by atoms with Gasteiger partial charge >= 0.3 is 0 Å². The second kappa shape index (κ2) is 4.98. The fourth-order valence-electron chi connectivity index (χ4n) is 2.96. The van der Waals surface area contributed by atoms with Crippen molar-refractivity contribution < 1.29 is 0 Å². The van der Waals surface area contributed by atoms with E-state index in [1.807, 2.05) is 11.8 Å². The van der Waals surface area contributed by atoms with Crippen molar-refractivity contribution in [2.24, 2.45) is 0 Å². The Bertz CT molecular complexity index is 496. The molecule has 0 radical (unpaired) electrons. The van der Waals surface area contributed by atoms with Gasteiger partial charge < -0.3 is 5.32 Å². The zero-order valence-corrected chi connectivity index (χ0v) is 12.9. The molecule has 104 valence electrons. The Balaban J connectivity index is 2.11. The van der Waals surface area contributed by atoms with Gasteiger partial charge in [0.25, 0.3) is 0 Å². The Morgan fingerprint density at radius 1 is 1.32 bits per heavy atom. The van der Waals surface area contributed by atoms with Crippen molar-refractivity contribution in [1.82, 2.24) is 15.1 Å². The van der Waals surface area contributed by atoms with Crippen LogP contribution in [0.5, 0.6) is 0 Å². The normalized spacial score (nSPS) is 23.4. The average Bonchev–Trinajstić information content (AvgIpc) is 2.91. The Labute approximate surface area is 119 Å². The van der Waals surface area contributed by atoms with Crippen LogP contribution in [0.1, 0.15) is 43.6 Å². The van der Waals surface area contributed by atoms with Crippen LogP contribution in [0.15, 0.2) is 11.5 Å². The minimum Gasteiger partial charge on any atom is -0.316 e. The molecule has 1 unspecified atom stereocenters. The quantitative estimate of drug-likeness (QED) is 0.856. The molecule has 1 N–H and O–H groups in total. The Hall–Kier alpha value is -0.740. The summed E-state index contributed by atoms with van der Waals surface area (Å²) < 4.78 is 2.30. The fourth-order valence-corrected chi connectivity index (χ4v) is 3.84. The summed E-state index contributed by atoms with van der Waals surface area (Å²) in [6.07, 6.45) is 4.53. The molecule has 0 saturated heterocycles. The third-order valence-corrected chi connectivity index (χ3v) is 4.77. The monoisotopic (exact) mass is 277 g/mol. The Morgan fingerprint density at radius 2 is 2.11 bits per heavy atom. The molecule has 1 aromatic heterocycles. The highest BCUT2D eigenvalue weighted by Gasteiger charge is 2.30. The van der Waals surface area contributed by atoms with E-state index < -0.39 is 0 Å². The van der Waals surface area contributed by atoms with Crippen molar-refractivity contribution in [2.45, 2.75) is 45.1 Å². The van der Waals surface area contributed by atoms with Gasteiger partial charge in [0.1, 0.15) is 0 Å². The summed E-state index contributed by atoms with van der Waals surface area (Å²) in [6, 6.07) is 0. The molecule has 4 heteroatoms. The number of fused-ring (bicyclic) bond motifs is 1. The van der Waals surface area contributed by atoms with Gasteiger partial charge in [-0.25, -0.2) is 0 Å². The van der Waals surface area contributed by atoms with E-state index in [0.717, 1.165) is 25.9 Å². The van der Waals surface area contributed by atoms with Crippen molar-refractivity contribution >= 4 is 11.8 Å². The van der Waals surface area contributed by atoms with Gasteiger partial charge in [-0.1, -0.05) is 6.08 Å². The lowest BCUT2D eigenvalue weighted by Gasteiger charge is -2.25. The first-order valence-electron chi connectivity index (χ1n) is 7.17. The summed E-state index contributed by atoms with van der Waals surface area (Å²) in [5.41, 5.74) is 4.36. The van der Waals surface area contributed by atoms with Gasteiger partial charge in [-0.3, -0.25) is 4.68 Å². The number of hydrogen-bond donors (Lipinski definition) is 1. The highest BCUT2D eigenvalue weighted by molar-refractivity contribution is 8.02. The van der Waals surface area contributed by atoms with E-state index in [1.165, 1.54) is 22.7 Å². The number of hydrogen-bond acceptors (Lipinski definition) is 3. The molecule has 0 fully saturated rings. The zero-order chi connectivity index (χ0) is 13.5. The van der Waals surface area contributed by atoms with Crippen LogP contribution in [0.25, 0.3) is 0 Å². The number of rotatable bonds is 1. The Morgan fingerprint density at radius 3 is 2.79 bits per heavy atom. The summed E-state index contributed by atoms with van der Waals surface area (Å²) in [5.74, 6) is 1.71. The number of nitrogens with one attached hydrogen (secondary N) is 1. The molecule has 1 aromatic rings. The molecule has 0 spiro atoms. The van der Waals surface area contributed by atoms with Crippen LogP contribution in [0.2, 0.25) is 0 Å². The molecule has 19 heavy (non-hydrogen) atoms. The third kappa shape index (κ3) is 2.48. The second-order valence-corrected chi connectivity index (χ2v) is 7.35. The first kappa shape index (κ1) is 13.3. The minimum absolute atomic E-state index is 0.0655. The van der Waals surface area contributed by atoms with Crippen LogP contribution in [-0.4, -0.2) is 28.6 Å². The molecule has 0 bridgehead atoms. The minimum atomic E-state index is 0.0655. The molecule has 2 aliphatic rings. The van der Waals surface area contributed by atoms with Crippen LogP contribution >= 0.6 is 11.8 Å². The molecule has 3 heterocycles. The summed E-state index contributed by atoms with van der Waals surface area (Å²) in [4.78, 5) is 0. The first-order valence-corrected chi connectivity index (χ1v) is 8.22. The Kier molecular flexibility index (Phi) is 3.48. The third-order valence-electron chi connectivity index (χ3n) is 3.87. The van der Waals surface area contributed by atoms with Crippen molar-refractivity contribution in [3.63, 3.8) is 0 Å². The maximum Gasteiger partial charge on any atom is 0.0673 e. The lowest BCUT2D eigenvalue weighted by molar-refractivity contribution is 0.338. The van der Waals surface area contributed by atoms with Crippen molar-refractivity contribution in [3.05, 3.63) is 28.4 Å². The van der Waals surface area contributed by atoms with Crippen LogP contribution in [-0.2, 0) is 18.4 Å². The van der Waals surface area contributed by atoms with Crippen LogP contribution in [0, 0.1) is 0 Å². The maximum atomic E-state index is 4.96. The predicted octanol–water partition coefficient (Wildman–Crippen LogP) is 2.67.